The predicted octanol–water partition coefficient (Wildman–Crippen LogP) is 4.89. The second-order valence-electron chi connectivity index (χ2n) is 5.92. The molecule has 1 nitrogen and oxygen atoms in total. The molecule has 1 aliphatic heterocycles. The molecule has 2 aromatic carbocycles. The Morgan fingerprint density at radius 3 is 2.71 bits per heavy atom. The summed E-state index contributed by atoms with van der Waals surface area (Å²) < 4.78 is 5.77. The highest BCUT2D eigenvalue weighted by Crippen LogP contribution is 2.46. The number of ether oxygens (including phenoxy) is 1. The molecule has 4 rings (SSSR count). The molecule has 2 aromatic rings. The molecule has 0 amide bonds. The van der Waals surface area contributed by atoms with Crippen molar-refractivity contribution in [2.45, 2.75) is 32.6 Å². The molecule has 0 unspecified atom stereocenters. The smallest absolute Gasteiger partial charge is 0.123 e. The zero-order chi connectivity index (χ0) is 14.2. The average Bonchev–Trinajstić information content (AvgIpc) is 3.12. The normalized spacial score (nSPS) is 15.9. The number of allylic oxidation sites excluding steroid dienone is 2. The maximum atomic E-state index is 5.77. The first-order valence-electron chi connectivity index (χ1n) is 7.94. The van der Waals surface area contributed by atoms with E-state index in [9.17, 15) is 0 Å². The highest BCUT2D eigenvalue weighted by atomic mass is 16.5. The Morgan fingerprint density at radius 1 is 1.05 bits per heavy atom. The number of hydrogen-bond donors (Lipinski definition) is 0. The number of fused-ring (bicyclic) bond motifs is 3. The van der Waals surface area contributed by atoms with Crippen molar-refractivity contribution in [3.8, 4) is 5.75 Å². The maximum absolute atomic E-state index is 5.77. The van der Waals surface area contributed by atoms with Gasteiger partial charge in [0.2, 0.25) is 0 Å². The first kappa shape index (κ1) is 12.7. The Bertz CT molecular complexity index is 710. The van der Waals surface area contributed by atoms with E-state index in [2.05, 4.69) is 49.4 Å². The van der Waals surface area contributed by atoms with E-state index in [-0.39, 0.29) is 0 Å². The zero-order valence-corrected chi connectivity index (χ0v) is 12.5. The molecule has 1 heterocycles. The standard InChI is InChI=1S/C20H20O/c1-2-6-16-18(14-7-4-3-5-8-14)13-15-9-10-19-17(20(15)16)11-12-21-19/h3-5,7-10H,2,6,11-13H2,1H3. The van der Waals surface area contributed by atoms with Gasteiger partial charge in [-0.25, -0.2) is 0 Å². The molecule has 2 aliphatic rings. The van der Waals surface area contributed by atoms with Crippen LogP contribution in [0.25, 0.3) is 11.1 Å². The fourth-order valence-corrected chi connectivity index (χ4v) is 3.74. The van der Waals surface area contributed by atoms with Crippen molar-refractivity contribution >= 4 is 11.1 Å². The molecule has 106 valence electrons. The van der Waals surface area contributed by atoms with Crippen LogP contribution in [-0.2, 0) is 12.8 Å². The minimum Gasteiger partial charge on any atom is -0.493 e. The van der Waals surface area contributed by atoms with E-state index >= 15 is 0 Å². The first-order chi connectivity index (χ1) is 10.4. The summed E-state index contributed by atoms with van der Waals surface area (Å²) in [6.45, 7) is 3.11. The third-order valence-corrected chi connectivity index (χ3v) is 4.62. The van der Waals surface area contributed by atoms with E-state index in [1.165, 1.54) is 34.2 Å². The molecule has 1 heteroatoms. The lowest BCUT2D eigenvalue weighted by Gasteiger charge is -2.11. The fourth-order valence-electron chi connectivity index (χ4n) is 3.74. The number of rotatable bonds is 3. The van der Waals surface area contributed by atoms with Crippen LogP contribution in [0.3, 0.4) is 0 Å². The van der Waals surface area contributed by atoms with E-state index in [0.29, 0.717) is 0 Å². The van der Waals surface area contributed by atoms with Crippen LogP contribution >= 0.6 is 0 Å². The van der Waals surface area contributed by atoms with Crippen LogP contribution in [0.15, 0.2) is 42.5 Å². The van der Waals surface area contributed by atoms with Gasteiger partial charge in [-0.05, 0) is 46.7 Å². The lowest BCUT2D eigenvalue weighted by molar-refractivity contribution is 0.357. The van der Waals surface area contributed by atoms with Crippen molar-refractivity contribution in [3.63, 3.8) is 0 Å². The van der Waals surface area contributed by atoms with Gasteiger partial charge in [0, 0.05) is 12.0 Å². The van der Waals surface area contributed by atoms with Crippen LogP contribution < -0.4 is 4.74 Å². The molecule has 0 saturated carbocycles. The fraction of sp³-hybridized carbons (Fsp3) is 0.300. The Morgan fingerprint density at radius 2 is 1.90 bits per heavy atom. The van der Waals surface area contributed by atoms with E-state index in [0.717, 1.165) is 31.6 Å². The van der Waals surface area contributed by atoms with Gasteiger partial charge in [-0.15, -0.1) is 0 Å². The maximum Gasteiger partial charge on any atom is 0.123 e. The number of benzene rings is 2. The molecular formula is C20H20O. The molecule has 0 bridgehead atoms. The van der Waals surface area contributed by atoms with Crippen LogP contribution in [0.4, 0.5) is 0 Å². The summed E-state index contributed by atoms with van der Waals surface area (Å²) in [6, 6.07) is 15.3. The second-order valence-corrected chi connectivity index (χ2v) is 5.92. The summed E-state index contributed by atoms with van der Waals surface area (Å²) in [5.74, 6) is 1.11. The van der Waals surface area contributed by atoms with Gasteiger partial charge >= 0.3 is 0 Å². The SMILES string of the molecule is CCCC1=C(c2ccccc2)Cc2ccc3c(c21)CCO3. The summed E-state index contributed by atoms with van der Waals surface area (Å²) in [5.41, 5.74) is 8.90. The largest absolute Gasteiger partial charge is 0.493 e. The van der Waals surface area contributed by atoms with Gasteiger partial charge < -0.3 is 4.74 Å². The van der Waals surface area contributed by atoms with E-state index < -0.39 is 0 Å². The summed E-state index contributed by atoms with van der Waals surface area (Å²) in [7, 11) is 0. The van der Waals surface area contributed by atoms with Gasteiger partial charge in [0.05, 0.1) is 6.61 Å². The molecule has 0 fully saturated rings. The van der Waals surface area contributed by atoms with Crippen molar-refractivity contribution in [2.24, 2.45) is 0 Å². The first-order valence-corrected chi connectivity index (χ1v) is 7.94. The van der Waals surface area contributed by atoms with E-state index in [4.69, 9.17) is 4.74 Å². The van der Waals surface area contributed by atoms with Crippen LogP contribution in [0.5, 0.6) is 5.75 Å². The molecule has 0 spiro atoms. The molecular weight excluding hydrogens is 256 g/mol. The van der Waals surface area contributed by atoms with Crippen molar-refractivity contribution in [1.82, 2.24) is 0 Å². The zero-order valence-electron chi connectivity index (χ0n) is 12.5. The average molecular weight is 276 g/mol. The highest BCUT2D eigenvalue weighted by Gasteiger charge is 2.28. The third-order valence-electron chi connectivity index (χ3n) is 4.62. The van der Waals surface area contributed by atoms with E-state index in [1.807, 2.05) is 0 Å². The quantitative estimate of drug-likeness (QED) is 0.775. The van der Waals surface area contributed by atoms with Crippen molar-refractivity contribution in [3.05, 3.63) is 64.7 Å². The Hall–Kier alpha value is -2.02. The minimum absolute atomic E-state index is 0.839. The summed E-state index contributed by atoms with van der Waals surface area (Å²) >= 11 is 0. The highest BCUT2D eigenvalue weighted by molar-refractivity contribution is 5.98. The summed E-state index contributed by atoms with van der Waals surface area (Å²) in [5, 5.41) is 0. The van der Waals surface area contributed by atoms with Crippen LogP contribution in [0.1, 0.15) is 42.0 Å². The molecule has 0 N–H and O–H groups in total. The second kappa shape index (κ2) is 5.07. The summed E-state index contributed by atoms with van der Waals surface area (Å²) in [4.78, 5) is 0. The summed E-state index contributed by atoms with van der Waals surface area (Å²) in [6.07, 6.45) is 4.49. The van der Waals surface area contributed by atoms with Gasteiger partial charge in [0.25, 0.3) is 0 Å². The Labute approximate surface area is 126 Å². The van der Waals surface area contributed by atoms with Crippen molar-refractivity contribution < 1.29 is 4.74 Å². The topological polar surface area (TPSA) is 9.23 Å². The van der Waals surface area contributed by atoms with Gasteiger partial charge in [-0.1, -0.05) is 49.7 Å². The van der Waals surface area contributed by atoms with Crippen LogP contribution in [0.2, 0.25) is 0 Å². The van der Waals surface area contributed by atoms with Gasteiger partial charge in [-0.3, -0.25) is 0 Å². The Kier molecular flexibility index (Phi) is 3.07. The lowest BCUT2D eigenvalue weighted by atomic mass is 9.93. The lowest BCUT2D eigenvalue weighted by Crippen LogP contribution is -1.92. The van der Waals surface area contributed by atoms with Gasteiger partial charge in [-0.2, -0.15) is 0 Å². The number of hydrogen-bond acceptors (Lipinski definition) is 1. The third kappa shape index (κ3) is 1.99. The minimum atomic E-state index is 0.839. The molecule has 21 heavy (non-hydrogen) atoms. The van der Waals surface area contributed by atoms with Crippen LogP contribution in [0, 0.1) is 0 Å². The Balaban J connectivity index is 1.90. The van der Waals surface area contributed by atoms with Crippen molar-refractivity contribution in [2.75, 3.05) is 6.61 Å². The van der Waals surface area contributed by atoms with Crippen LogP contribution in [-0.4, -0.2) is 6.61 Å². The molecule has 1 aliphatic carbocycles. The van der Waals surface area contributed by atoms with E-state index in [1.54, 1.807) is 5.57 Å². The predicted molar refractivity (Wildman–Crippen MR) is 87.5 cm³/mol. The van der Waals surface area contributed by atoms with Crippen molar-refractivity contribution in [1.29, 1.82) is 0 Å². The van der Waals surface area contributed by atoms with Gasteiger partial charge in [0.15, 0.2) is 0 Å². The molecule has 0 radical (unpaired) electrons. The van der Waals surface area contributed by atoms with Gasteiger partial charge in [0.1, 0.15) is 5.75 Å². The monoisotopic (exact) mass is 276 g/mol. The molecule has 0 atom stereocenters. The molecule has 0 aromatic heterocycles. The molecule has 0 saturated heterocycles.